The number of rotatable bonds is 0. The Hall–Kier alpha value is -0.920. The first-order chi connectivity index (χ1) is 4.92. The van der Waals surface area contributed by atoms with Crippen LogP contribution in [0.2, 0.25) is 0 Å². The second-order valence-corrected chi connectivity index (χ2v) is 3.75. The molecule has 0 unspecified atom stereocenters. The molecule has 0 heterocycles. The lowest BCUT2D eigenvalue weighted by Crippen LogP contribution is -2.28. The first kappa shape index (κ1) is 8.18. The number of allylic oxidation sites excluding steroid dienone is 2. The van der Waals surface area contributed by atoms with Crippen molar-refractivity contribution in [2.45, 2.75) is 27.2 Å². The summed E-state index contributed by atoms with van der Waals surface area (Å²) in [5.41, 5.74) is 0.459. The monoisotopic (exact) mass is 152 g/mol. The zero-order valence-electron chi connectivity index (χ0n) is 7.10. The van der Waals surface area contributed by atoms with Crippen LogP contribution in [-0.4, -0.2) is 11.6 Å². The maximum absolute atomic E-state index is 11.0. The van der Waals surface area contributed by atoms with Gasteiger partial charge in [-0.25, -0.2) is 0 Å². The van der Waals surface area contributed by atoms with E-state index < -0.39 is 0 Å². The zero-order chi connectivity index (χ0) is 8.65. The fraction of sp³-hybridized carbons (Fsp3) is 0.556. The molecule has 11 heavy (non-hydrogen) atoms. The summed E-state index contributed by atoms with van der Waals surface area (Å²) in [6.45, 7) is 5.61. The molecule has 0 N–H and O–H groups in total. The average molecular weight is 152 g/mol. The number of hydrogen-bond donors (Lipinski definition) is 0. The summed E-state index contributed by atoms with van der Waals surface area (Å²) in [7, 11) is 0. The molecule has 2 heteroatoms. The molecule has 0 radical (unpaired) electrons. The molecule has 0 amide bonds. The van der Waals surface area contributed by atoms with E-state index in [0.717, 1.165) is 0 Å². The summed E-state index contributed by atoms with van der Waals surface area (Å²) >= 11 is 0. The third kappa shape index (κ3) is 1.56. The maximum Gasteiger partial charge on any atom is 0.224 e. The SMILES string of the molecule is CC1=CC(C)(C)CC(=O)C1=O. The van der Waals surface area contributed by atoms with Crippen molar-refractivity contribution in [1.29, 1.82) is 0 Å². The lowest BCUT2D eigenvalue weighted by atomic mass is 9.79. The van der Waals surface area contributed by atoms with E-state index in [4.69, 9.17) is 0 Å². The van der Waals surface area contributed by atoms with Crippen LogP contribution in [0.3, 0.4) is 0 Å². The second-order valence-electron chi connectivity index (χ2n) is 3.75. The Balaban J connectivity index is 3.04. The molecule has 0 aromatic carbocycles. The fourth-order valence-electron chi connectivity index (χ4n) is 1.42. The Bertz CT molecular complexity index is 246. The van der Waals surface area contributed by atoms with Gasteiger partial charge in [-0.2, -0.15) is 0 Å². The molecule has 0 bridgehead atoms. The van der Waals surface area contributed by atoms with E-state index in [1.807, 2.05) is 19.9 Å². The third-order valence-corrected chi connectivity index (χ3v) is 1.83. The summed E-state index contributed by atoms with van der Waals surface area (Å²) in [6.07, 6.45) is 2.22. The van der Waals surface area contributed by atoms with Gasteiger partial charge >= 0.3 is 0 Å². The largest absolute Gasteiger partial charge is 0.290 e. The van der Waals surface area contributed by atoms with Gasteiger partial charge in [0.1, 0.15) is 0 Å². The van der Waals surface area contributed by atoms with E-state index in [0.29, 0.717) is 12.0 Å². The normalized spacial score (nSPS) is 23.4. The predicted molar refractivity (Wildman–Crippen MR) is 42.2 cm³/mol. The summed E-state index contributed by atoms with van der Waals surface area (Å²) in [5, 5.41) is 0. The molecule has 0 saturated heterocycles. The minimum atomic E-state index is -0.315. The number of carbonyl (C=O) groups excluding carboxylic acids is 2. The Morgan fingerprint density at radius 2 is 1.91 bits per heavy atom. The fourth-order valence-corrected chi connectivity index (χ4v) is 1.42. The number of Topliss-reactive ketones (excluding diaryl/α,β-unsaturated/α-hetero) is 2. The molecule has 1 aliphatic rings. The van der Waals surface area contributed by atoms with E-state index >= 15 is 0 Å². The minimum Gasteiger partial charge on any atom is -0.290 e. The molecule has 0 fully saturated rings. The molecule has 0 spiro atoms. The molecular weight excluding hydrogens is 140 g/mol. The van der Waals surface area contributed by atoms with Gasteiger partial charge in [-0.15, -0.1) is 0 Å². The lowest BCUT2D eigenvalue weighted by molar-refractivity contribution is -0.136. The van der Waals surface area contributed by atoms with Gasteiger partial charge in [0.25, 0.3) is 0 Å². The second kappa shape index (κ2) is 2.29. The van der Waals surface area contributed by atoms with Crippen LogP contribution in [0.25, 0.3) is 0 Å². The van der Waals surface area contributed by atoms with Gasteiger partial charge in [0.15, 0.2) is 0 Å². The molecule has 1 rings (SSSR count). The standard InChI is InChI=1S/C9H12O2/c1-6-4-9(2,3)5-7(10)8(6)11/h4H,5H2,1-3H3. The van der Waals surface area contributed by atoms with Gasteiger partial charge < -0.3 is 0 Å². The Morgan fingerprint density at radius 3 is 2.36 bits per heavy atom. The zero-order valence-corrected chi connectivity index (χ0v) is 7.10. The summed E-state index contributed by atoms with van der Waals surface area (Å²) in [4.78, 5) is 22.0. The number of carbonyl (C=O) groups is 2. The molecule has 60 valence electrons. The molecule has 0 aromatic heterocycles. The van der Waals surface area contributed by atoms with Crippen molar-refractivity contribution in [1.82, 2.24) is 0 Å². The highest BCUT2D eigenvalue weighted by molar-refractivity contribution is 6.44. The minimum absolute atomic E-state index is 0.130. The van der Waals surface area contributed by atoms with Crippen molar-refractivity contribution < 1.29 is 9.59 Å². The van der Waals surface area contributed by atoms with E-state index in [9.17, 15) is 9.59 Å². The van der Waals surface area contributed by atoms with Gasteiger partial charge in [-0.1, -0.05) is 19.9 Å². The van der Waals surface area contributed by atoms with Crippen LogP contribution in [0.15, 0.2) is 11.6 Å². The van der Waals surface area contributed by atoms with Crippen molar-refractivity contribution in [2.24, 2.45) is 5.41 Å². The molecule has 0 atom stereocenters. The van der Waals surface area contributed by atoms with Gasteiger partial charge in [0, 0.05) is 6.42 Å². The first-order valence-electron chi connectivity index (χ1n) is 3.69. The summed E-state index contributed by atoms with van der Waals surface area (Å²) in [5.74, 6) is -0.570. The summed E-state index contributed by atoms with van der Waals surface area (Å²) in [6, 6.07) is 0. The van der Waals surface area contributed by atoms with Gasteiger partial charge in [-0.3, -0.25) is 9.59 Å². The average Bonchev–Trinajstić information content (AvgIpc) is 1.81. The highest BCUT2D eigenvalue weighted by Crippen LogP contribution is 2.28. The predicted octanol–water partition coefficient (Wildman–Crippen LogP) is 1.50. The van der Waals surface area contributed by atoms with Crippen molar-refractivity contribution in [3.8, 4) is 0 Å². The van der Waals surface area contributed by atoms with Crippen LogP contribution in [0.4, 0.5) is 0 Å². The lowest BCUT2D eigenvalue weighted by Gasteiger charge is -2.23. The van der Waals surface area contributed by atoms with Crippen LogP contribution in [0.5, 0.6) is 0 Å². The van der Waals surface area contributed by atoms with Crippen LogP contribution in [-0.2, 0) is 9.59 Å². The Kier molecular flexibility index (Phi) is 1.70. The quantitative estimate of drug-likeness (QED) is 0.493. The van der Waals surface area contributed by atoms with Crippen molar-refractivity contribution >= 4 is 11.6 Å². The smallest absolute Gasteiger partial charge is 0.224 e. The van der Waals surface area contributed by atoms with E-state index in [2.05, 4.69) is 0 Å². The van der Waals surface area contributed by atoms with Crippen molar-refractivity contribution in [3.05, 3.63) is 11.6 Å². The maximum atomic E-state index is 11.0. The van der Waals surface area contributed by atoms with E-state index in [1.165, 1.54) is 0 Å². The van der Waals surface area contributed by atoms with E-state index in [1.54, 1.807) is 6.92 Å². The van der Waals surface area contributed by atoms with Gasteiger partial charge in [-0.05, 0) is 17.9 Å². The molecule has 0 saturated carbocycles. The van der Waals surface area contributed by atoms with Gasteiger partial charge in [0.05, 0.1) is 0 Å². The van der Waals surface area contributed by atoms with Gasteiger partial charge in [0.2, 0.25) is 11.6 Å². The number of ketones is 2. The number of hydrogen-bond acceptors (Lipinski definition) is 2. The Labute approximate surface area is 66.3 Å². The first-order valence-corrected chi connectivity index (χ1v) is 3.69. The third-order valence-electron chi connectivity index (χ3n) is 1.83. The van der Waals surface area contributed by atoms with Crippen molar-refractivity contribution in [3.63, 3.8) is 0 Å². The van der Waals surface area contributed by atoms with Crippen LogP contribution < -0.4 is 0 Å². The summed E-state index contributed by atoms with van der Waals surface area (Å²) < 4.78 is 0. The van der Waals surface area contributed by atoms with E-state index in [-0.39, 0.29) is 17.0 Å². The molecule has 0 aromatic rings. The Morgan fingerprint density at radius 1 is 1.36 bits per heavy atom. The molecule has 0 aliphatic heterocycles. The topological polar surface area (TPSA) is 34.1 Å². The molecule has 2 nitrogen and oxygen atoms in total. The highest BCUT2D eigenvalue weighted by atomic mass is 16.2. The highest BCUT2D eigenvalue weighted by Gasteiger charge is 2.30. The van der Waals surface area contributed by atoms with Crippen LogP contribution >= 0.6 is 0 Å². The molecule has 1 aliphatic carbocycles. The van der Waals surface area contributed by atoms with Crippen LogP contribution in [0.1, 0.15) is 27.2 Å². The molecular formula is C9H12O2. The van der Waals surface area contributed by atoms with Crippen LogP contribution in [0, 0.1) is 5.41 Å². The van der Waals surface area contributed by atoms with Crippen molar-refractivity contribution in [2.75, 3.05) is 0 Å².